The maximum Gasteiger partial charge on any atom is 0.472 e. The van der Waals surface area contributed by atoms with E-state index in [1.54, 1.807) is 0 Å². The molecule has 10 heteroatoms. The van der Waals surface area contributed by atoms with Gasteiger partial charge in [-0.25, -0.2) is 4.57 Å². The first kappa shape index (κ1) is 55.5. The van der Waals surface area contributed by atoms with E-state index in [0.717, 1.165) is 70.6 Å². The van der Waals surface area contributed by atoms with Crippen molar-refractivity contribution in [2.24, 2.45) is 0 Å². The van der Waals surface area contributed by atoms with Gasteiger partial charge in [0.15, 0.2) is 0 Å². The highest BCUT2D eigenvalue weighted by Crippen LogP contribution is 2.42. The topological polar surface area (TPSA) is 131 Å². The predicted octanol–water partition coefficient (Wildman–Crippen LogP) is 13.0. The summed E-state index contributed by atoms with van der Waals surface area (Å²) in [5, 5.41) is 12.7. The average molecular weight is 834 g/mol. The van der Waals surface area contributed by atoms with Crippen molar-refractivity contribution in [2.45, 2.75) is 193 Å². The van der Waals surface area contributed by atoms with Crippen LogP contribution in [-0.4, -0.2) is 54.3 Å². The van der Waals surface area contributed by atoms with Crippen LogP contribution >= 0.6 is 7.82 Å². The molecule has 0 aromatic rings. The van der Waals surface area contributed by atoms with E-state index in [4.69, 9.17) is 13.8 Å². The van der Waals surface area contributed by atoms with Crippen molar-refractivity contribution in [1.29, 1.82) is 0 Å². The first-order valence-corrected chi connectivity index (χ1v) is 24.4. The molecule has 0 bridgehead atoms. The van der Waals surface area contributed by atoms with Crippen LogP contribution < -0.4 is 5.32 Å². The SMILES string of the molecule is CC/C=C\C/C=C\C/C=C\C/C=C\C/C=C\CCCCCC(=O)OCC(O)COP(=O)(O)OCCNC(=O)CCCCCCCCC/C=C\CCCCCCCCC. The Bertz CT molecular complexity index is 1180. The van der Waals surface area contributed by atoms with Gasteiger partial charge in [0.2, 0.25) is 5.91 Å². The van der Waals surface area contributed by atoms with Crippen molar-refractivity contribution >= 4 is 19.7 Å². The second-order valence-corrected chi connectivity index (χ2v) is 16.4. The maximum atomic E-state index is 12.1. The second kappa shape index (κ2) is 44.0. The maximum absolute atomic E-state index is 12.1. The molecule has 0 aliphatic heterocycles. The van der Waals surface area contributed by atoms with E-state index < -0.39 is 26.5 Å². The summed E-state index contributed by atoms with van der Waals surface area (Å²) in [6, 6.07) is 0. The predicted molar refractivity (Wildman–Crippen MR) is 243 cm³/mol. The van der Waals surface area contributed by atoms with Crippen LogP contribution in [0.1, 0.15) is 187 Å². The summed E-state index contributed by atoms with van der Waals surface area (Å²) in [4.78, 5) is 34.0. The minimum atomic E-state index is -4.43. The molecular formula is C48H84NO8P. The van der Waals surface area contributed by atoms with Gasteiger partial charge in [0.1, 0.15) is 12.7 Å². The van der Waals surface area contributed by atoms with Gasteiger partial charge >= 0.3 is 13.8 Å². The fourth-order valence-electron chi connectivity index (χ4n) is 5.93. The number of hydrogen-bond acceptors (Lipinski definition) is 7. The highest BCUT2D eigenvalue weighted by Gasteiger charge is 2.23. The number of ether oxygens (including phenoxy) is 1. The van der Waals surface area contributed by atoms with Crippen molar-refractivity contribution in [3.05, 3.63) is 72.9 Å². The van der Waals surface area contributed by atoms with Crippen molar-refractivity contribution < 1.29 is 37.9 Å². The number of aliphatic hydroxyl groups is 1. The molecule has 58 heavy (non-hydrogen) atoms. The van der Waals surface area contributed by atoms with Gasteiger partial charge in [0.25, 0.3) is 0 Å². The number of nitrogens with one attached hydrogen (secondary N) is 1. The minimum Gasteiger partial charge on any atom is -0.463 e. The normalized spacial score (nSPS) is 13.9. The van der Waals surface area contributed by atoms with E-state index in [-0.39, 0.29) is 32.1 Å². The highest BCUT2D eigenvalue weighted by atomic mass is 31.2. The lowest BCUT2D eigenvalue weighted by Crippen LogP contribution is -2.27. The first-order valence-electron chi connectivity index (χ1n) is 22.9. The zero-order valence-corrected chi connectivity index (χ0v) is 37.6. The lowest BCUT2D eigenvalue weighted by Gasteiger charge is -2.15. The van der Waals surface area contributed by atoms with Crippen molar-refractivity contribution in [2.75, 3.05) is 26.4 Å². The quantitative estimate of drug-likeness (QED) is 0.0240. The largest absolute Gasteiger partial charge is 0.472 e. The zero-order valence-electron chi connectivity index (χ0n) is 36.7. The lowest BCUT2D eigenvalue weighted by atomic mass is 10.1. The van der Waals surface area contributed by atoms with Gasteiger partial charge in [0, 0.05) is 19.4 Å². The van der Waals surface area contributed by atoms with E-state index >= 15 is 0 Å². The van der Waals surface area contributed by atoms with E-state index in [1.165, 1.54) is 83.5 Å². The number of unbranched alkanes of at least 4 members (excludes halogenated alkanes) is 17. The summed E-state index contributed by atoms with van der Waals surface area (Å²) < 4.78 is 26.9. The molecule has 0 aliphatic carbocycles. The summed E-state index contributed by atoms with van der Waals surface area (Å²) in [7, 11) is -4.43. The molecule has 0 aromatic carbocycles. The van der Waals surface area contributed by atoms with E-state index in [9.17, 15) is 24.2 Å². The molecule has 0 heterocycles. The Labute approximate surface area is 354 Å². The van der Waals surface area contributed by atoms with Gasteiger partial charge < -0.3 is 20.1 Å². The summed E-state index contributed by atoms with van der Waals surface area (Å²) in [6.07, 6.45) is 54.0. The van der Waals surface area contributed by atoms with Gasteiger partial charge in [0.05, 0.1) is 13.2 Å². The number of allylic oxidation sites excluding steroid dienone is 12. The molecule has 3 N–H and O–H groups in total. The standard InChI is InChI=1S/C48H84NO8P/c1-3-5-7-9-11-13-15-17-19-21-23-25-27-29-31-33-35-37-39-41-48(52)55-44-46(50)45-57-58(53,54)56-43-42-49-47(51)40-38-36-34-32-30-28-26-24-22-20-18-16-14-12-10-8-6-4-2/h5,7,11,13,17,19-20,22-23,25,29,31,46,50H,3-4,6,8-10,12,14-16,18,21,24,26-28,30,32-45H2,1-2H3,(H,49,51)(H,53,54)/b7-5-,13-11-,19-17-,22-20-,25-23-,31-29-. The second-order valence-electron chi connectivity index (χ2n) is 15.0. The lowest BCUT2D eigenvalue weighted by molar-refractivity contribution is -0.147. The highest BCUT2D eigenvalue weighted by molar-refractivity contribution is 7.47. The van der Waals surface area contributed by atoms with Crippen LogP contribution in [0.2, 0.25) is 0 Å². The number of esters is 1. The molecule has 0 fully saturated rings. The summed E-state index contributed by atoms with van der Waals surface area (Å²) >= 11 is 0. The summed E-state index contributed by atoms with van der Waals surface area (Å²) in [5.41, 5.74) is 0. The Morgan fingerprint density at radius 3 is 1.52 bits per heavy atom. The third-order valence-electron chi connectivity index (χ3n) is 9.37. The van der Waals surface area contributed by atoms with Crippen LogP contribution in [0, 0.1) is 0 Å². The number of carbonyl (C=O) groups is 2. The molecule has 0 radical (unpaired) electrons. The van der Waals surface area contributed by atoms with Crippen LogP contribution in [0.3, 0.4) is 0 Å². The number of aliphatic hydroxyl groups excluding tert-OH is 1. The number of amides is 1. The fraction of sp³-hybridized carbons (Fsp3) is 0.708. The smallest absolute Gasteiger partial charge is 0.463 e. The Kier molecular flexibility index (Phi) is 42.1. The van der Waals surface area contributed by atoms with Crippen molar-refractivity contribution in [1.82, 2.24) is 5.32 Å². The van der Waals surface area contributed by atoms with Crippen LogP contribution in [0.15, 0.2) is 72.9 Å². The van der Waals surface area contributed by atoms with Gasteiger partial charge in [-0.05, 0) is 83.5 Å². The van der Waals surface area contributed by atoms with Gasteiger partial charge in [-0.15, -0.1) is 0 Å². The Morgan fingerprint density at radius 2 is 0.983 bits per heavy atom. The molecule has 2 atom stereocenters. The molecule has 0 aromatic heterocycles. The average Bonchev–Trinajstić information content (AvgIpc) is 3.21. The molecule has 0 saturated carbocycles. The minimum absolute atomic E-state index is 0.0721. The number of phosphoric ester groups is 1. The molecule has 334 valence electrons. The number of carbonyl (C=O) groups excluding carboxylic acids is 2. The molecule has 0 saturated heterocycles. The Balaban J connectivity index is 3.66. The molecule has 0 aliphatic rings. The Morgan fingerprint density at radius 1 is 0.552 bits per heavy atom. The fourth-order valence-corrected chi connectivity index (χ4v) is 6.69. The van der Waals surface area contributed by atoms with Gasteiger partial charge in [-0.3, -0.25) is 18.6 Å². The van der Waals surface area contributed by atoms with Crippen LogP contribution in [0.25, 0.3) is 0 Å². The molecule has 1 amide bonds. The number of hydrogen-bond donors (Lipinski definition) is 3. The van der Waals surface area contributed by atoms with E-state index in [2.05, 4.69) is 92.1 Å². The van der Waals surface area contributed by atoms with Gasteiger partial charge in [-0.2, -0.15) is 0 Å². The summed E-state index contributed by atoms with van der Waals surface area (Å²) in [5.74, 6) is -0.556. The van der Waals surface area contributed by atoms with Crippen LogP contribution in [-0.2, 0) is 27.9 Å². The molecule has 9 nitrogen and oxygen atoms in total. The van der Waals surface area contributed by atoms with Crippen molar-refractivity contribution in [3.8, 4) is 0 Å². The number of rotatable bonds is 42. The molecule has 0 rings (SSSR count). The molecule has 2 unspecified atom stereocenters. The number of phosphoric acid groups is 1. The monoisotopic (exact) mass is 834 g/mol. The third kappa shape index (κ3) is 44.6. The van der Waals surface area contributed by atoms with Crippen LogP contribution in [0.4, 0.5) is 0 Å². The first-order chi connectivity index (χ1) is 28.3. The van der Waals surface area contributed by atoms with E-state index in [1.807, 2.05) is 0 Å². The Hall–Kier alpha value is -2.55. The van der Waals surface area contributed by atoms with Gasteiger partial charge in [-0.1, -0.05) is 164 Å². The molecule has 0 spiro atoms. The van der Waals surface area contributed by atoms with Crippen molar-refractivity contribution in [3.63, 3.8) is 0 Å². The van der Waals surface area contributed by atoms with E-state index in [0.29, 0.717) is 12.8 Å². The molecular weight excluding hydrogens is 750 g/mol. The summed E-state index contributed by atoms with van der Waals surface area (Å²) in [6.45, 7) is 3.39. The third-order valence-corrected chi connectivity index (χ3v) is 10.4. The van der Waals surface area contributed by atoms with Crippen LogP contribution in [0.5, 0.6) is 0 Å². The zero-order chi connectivity index (χ0) is 42.5.